The van der Waals surface area contributed by atoms with Crippen molar-refractivity contribution in [3.8, 4) is 0 Å². The van der Waals surface area contributed by atoms with Gasteiger partial charge in [0, 0.05) is 23.8 Å². The fourth-order valence-corrected chi connectivity index (χ4v) is 2.51. The maximum Gasteiger partial charge on any atom is 0.106 e. The molecule has 19 heavy (non-hydrogen) atoms. The average Bonchev–Trinajstić information content (AvgIpc) is 2.85. The van der Waals surface area contributed by atoms with E-state index in [2.05, 4.69) is 23.5 Å². The second-order valence-electron chi connectivity index (χ2n) is 5.04. The highest BCUT2D eigenvalue weighted by Gasteiger charge is 2.38. The van der Waals surface area contributed by atoms with Gasteiger partial charge >= 0.3 is 0 Å². The van der Waals surface area contributed by atoms with Gasteiger partial charge in [-0.05, 0) is 36.2 Å². The van der Waals surface area contributed by atoms with Gasteiger partial charge in [0.15, 0.2) is 0 Å². The van der Waals surface area contributed by atoms with Gasteiger partial charge in [-0.1, -0.05) is 29.8 Å². The highest BCUT2D eigenvalue weighted by molar-refractivity contribution is 6.30. The van der Waals surface area contributed by atoms with E-state index >= 15 is 0 Å². The number of benzene rings is 1. The van der Waals surface area contributed by atoms with Crippen molar-refractivity contribution in [3.05, 3.63) is 64.9 Å². The molecule has 1 aliphatic rings. The Morgan fingerprint density at radius 3 is 2.79 bits per heavy atom. The Hall–Kier alpha value is -1.42. The highest BCUT2D eigenvalue weighted by Crippen LogP contribution is 2.39. The largest absolute Gasteiger partial charge is 0.293 e. The van der Waals surface area contributed by atoms with E-state index in [0.29, 0.717) is 0 Å². The van der Waals surface area contributed by atoms with E-state index in [1.54, 1.807) is 6.20 Å². The minimum atomic E-state index is -0.210. The van der Waals surface area contributed by atoms with Gasteiger partial charge in [-0.3, -0.25) is 9.82 Å². The monoisotopic (exact) mass is 274 g/mol. The number of rotatable bonds is 2. The molecule has 1 N–H and O–H groups in total. The zero-order chi connectivity index (χ0) is 13.3. The molecule has 3 rings (SSSR count). The summed E-state index contributed by atoms with van der Waals surface area (Å²) in [6.07, 6.45) is 4.54. The molecule has 3 nitrogen and oxygen atoms in total. The molecule has 98 valence electrons. The first-order valence-corrected chi connectivity index (χ1v) is 6.64. The van der Waals surface area contributed by atoms with Crippen LogP contribution in [0, 0.1) is 0 Å². The molecule has 1 saturated heterocycles. The maximum absolute atomic E-state index is 5.91. The number of nitrogens with zero attached hydrogens (tertiary/aromatic N) is 1. The Kier molecular flexibility index (Phi) is 3.27. The summed E-state index contributed by atoms with van der Waals surface area (Å²) in [4.78, 5) is 9.90. The molecule has 0 saturated carbocycles. The molecule has 2 unspecified atom stereocenters. The maximum atomic E-state index is 5.91. The molecule has 4 heteroatoms. The third-order valence-corrected chi connectivity index (χ3v) is 3.81. The summed E-state index contributed by atoms with van der Waals surface area (Å²) in [7, 11) is 0. The van der Waals surface area contributed by atoms with Gasteiger partial charge < -0.3 is 0 Å². The molecule has 1 aromatic heterocycles. The second kappa shape index (κ2) is 4.93. The van der Waals surface area contributed by atoms with E-state index in [1.165, 1.54) is 0 Å². The van der Waals surface area contributed by atoms with Gasteiger partial charge in [0.25, 0.3) is 0 Å². The van der Waals surface area contributed by atoms with Crippen molar-refractivity contribution < 1.29 is 4.84 Å². The number of halogens is 1. The summed E-state index contributed by atoms with van der Waals surface area (Å²) < 4.78 is 0. The molecule has 2 atom stereocenters. The van der Waals surface area contributed by atoms with Gasteiger partial charge in [0.2, 0.25) is 0 Å². The lowest BCUT2D eigenvalue weighted by Gasteiger charge is -2.22. The highest BCUT2D eigenvalue weighted by atomic mass is 35.5. The summed E-state index contributed by atoms with van der Waals surface area (Å²) in [6.45, 7) is 2.12. The minimum Gasteiger partial charge on any atom is -0.293 e. The van der Waals surface area contributed by atoms with Crippen LogP contribution in [0.4, 0.5) is 0 Å². The minimum absolute atomic E-state index is 0.0301. The van der Waals surface area contributed by atoms with Crippen molar-refractivity contribution >= 4 is 11.6 Å². The Bertz CT molecular complexity index is 558. The van der Waals surface area contributed by atoms with Crippen molar-refractivity contribution in [2.24, 2.45) is 0 Å². The van der Waals surface area contributed by atoms with Crippen LogP contribution in [0.3, 0.4) is 0 Å². The van der Waals surface area contributed by atoms with Gasteiger partial charge in [-0.2, -0.15) is 5.48 Å². The van der Waals surface area contributed by atoms with Crippen LogP contribution >= 0.6 is 11.6 Å². The first-order valence-electron chi connectivity index (χ1n) is 6.26. The molecule has 1 aliphatic heterocycles. The van der Waals surface area contributed by atoms with Crippen molar-refractivity contribution in [1.82, 2.24) is 10.5 Å². The topological polar surface area (TPSA) is 34.1 Å². The molecule has 0 aliphatic carbocycles. The number of aromatic nitrogens is 1. The van der Waals surface area contributed by atoms with Crippen molar-refractivity contribution in [1.29, 1.82) is 0 Å². The van der Waals surface area contributed by atoms with E-state index in [1.807, 2.05) is 36.5 Å². The third kappa shape index (κ3) is 2.50. The smallest absolute Gasteiger partial charge is 0.106 e. The van der Waals surface area contributed by atoms with Crippen molar-refractivity contribution in [2.45, 2.75) is 25.0 Å². The Morgan fingerprint density at radius 1 is 1.32 bits per heavy atom. The van der Waals surface area contributed by atoms with Crippen LogP contribution < -0.4 is 5.48 Å². The van der Waals surface area contributed by atoms with Crippen LogP contribution in [0.1, 0.15) is 30.6 Å². The molecule has 0 amide bonds. The van der Waals surface area contributed by atoms with Crippen LogP contribution in [-0.2, 0) is 10.4 Å². The van der Waals surface area contributed by atoms with Crippen LogP contribution in [0.5, 0.6) is 0 Å². The number of pyridine rings is 1. The lowest BCUT2D eigenvalue weighted by atomic mass is 9.87. The first-order chi connectivity index (χ1) is 9.17. The molecule has 1 aromatic carbocycles. The van der Waals surface area contributed by atoms with Crippen LogP contribution in [0.2, 0.25) is 5.02 Å². The molecule has 0 spiro atoms. The molecule has 0 bridgehead atoms. The van der Waals surface area contributed by atoms with Gasteiger partial charge in [0.1, 0.15) is 6.10 Å². The number of hydrogen-bond acceptors (Lipinski definition) is 3. The summed E-state index contributed by atoms with van der Waals surface area (Å²) in [5, 5.41) is 0.740. The van der Waals surface area contributed by atoms with Gasteiger partial charge in [-0.25, -0.2) is 0 Å². The summed E-state index contributed by atoms with van der Waals surface area (Å²) in [6, 6.07) is 11.8. The average molecular weight is 275 g/mol. The zero-order valence-electron chi connectivity index (χ0n) is 10.6. The fraction of sp³-hybridized carbons (Fsp3) is 0.267. The van der Waals surface area contributed by atoms with E-state index in [-0.39, 0.29) is 11.6 Å². The number of nitrogens with one attached hydrogen (secondary N) is 1. The van der Waals surface area contributed by atoms with E-state index < -0.39 is 0 Å². The Labute approximate surface area is 117 Å². The van der Waals surface area contributed by atoms with Gasteiger partial charge in [-0.15, -0.1) is 0 Å². The van der Waals surface area contributed by atoms with Crippen LogP contribution in [0.15, 0.2) is 48.8 Å². The quantitative estimate of drug-likeness (QED) is 0.908. The summed E-state index contributed by atoms with van der Waals surface area (Å²) in [5.74, 6) is 0. The van der Waals surface area contributed by atoms with Crippen LogP contribution in [-0.4, -0.2) is 4.98 Å². The van der Waals surface area contributed by atoms with E-state index in [9.17, 15) is 0 Å². The van der Waals surface area contributed by atoms with Crippen molar-refractivity contribution in [3.63, 3.8) is 0 Å². The summed E-state index contributed by atoms with van der Waals surface area (Å²) >= 11 is 5.91. The molecule has 2 aromatic rings. The Morgan fingerprint density at radius 2 is 2.11 bits per heavy atom. The molecular formula is C15H15ClN2O. The lowest BCUT2D eigenvalue weighted by Crippen LogP contribution is -2.32. The first kappa shape index (κ1) is 12.6. The lowest BCUT2D eigenvalue weighted by molar-refractivity contribution is 0.0125. The SMILES string of the molecule is CC1(c2cccnc2)CC(c2ccc(Cl)cc2)ON1. The number of hydroxylamine groups is 1. The fourth-order valence-electron chi connectivity index (χ4n) is 2.38. The predicted octanol–water partition coefficient (Wildman–Crippen LogP) is 3.62. The number of hydrogen-bond donors (Lipinski definition) is 1. The van der Waals surface area contributed by atoms with Crippen molar-refractivity contribution in [2.75, 3.05) is 0 Å². The zero-order valence-corrected chi connectivity index (χ0v) is 11.4. The summed E-state index contributed by atoms with van der Waals surface area (Å²) in [5.41, 5.74) is 5.19. The normalized spacial score (nSPS) is 26.5. The molecule has 2 heterocycles. The van der Waals surface area contributed by atoms with Crippen LogP contribution in [0.25, 0.3) is 0 Å². The standard InChI is InChI=1S/C15H15ClN2O/c1-15(12-3-2-8-17-10-12)9-14(19-18-15)11-4-6-13(16)7-5-11/h2-8,10,14,18H,9H2,1H3. The Balaban J connectivity index is 1.82. The molecule has 1 fully saturated rings. The molecule has 0 radical (unpaired) electrons. The van der Waals surface area contributed by atoms with E-state index in [0.717, 1.165) is 22.6 Å². The third-order valence-electron chi connectivity index (χ3n) is 3.56. The van der Waals surface area contributed by atoms with E-state index in [4.69, 9.17) is 16.4 Å². The second-order valence-corrected chi connectivity index (χ2v) is 5.47. The molecular weight excluding hydrogens is 260 g/mol. The predicted molar refractivity (Wildman–Crippen MR) is 74.6 cm³/mol. The van der Waals surface area contributed by atoms with Gasteiger partial charge in [0.05, 0.1) is 5.54 Å².